The zero-order valence-corrected chi connectivity index (χ0v) is 12.7. The van der Waals surface area contributed by atoms with Gasteiger partial charge in [-0.2, -0.15) is 0 Å². The lowest BCUT2D eigenvalue weighted by atomic mass is 10.2. The molecule has 0 amide bonds. The summed E-state index contributed by atoms with van der Waals surface area (Å²) in [7, 11) is 0. The molecule has 0 aliphatic heterocycles. The van der Waals surface area contributed by atoms with Gasteiger partial charge in [0.15, 0.2) is 0 Å². The van der Waals surface area contributed by atoms with E-state index in [9.17, 15) is 4.79 Å². The maximum Gasteiger partial charge on any atom is 0.309 e. The Bertz CT molecular complexity index is 590. The maximum atomic E-state index is 11.9. The molecular formula is C16H18N2O2S. The summed E-state index contributed by atoms with van der Waals surface area (Å²) >= 11 is 1.54. The van der Waals surface area contributed by atoms with Crippen LogP contribution in [0.2, 0.25) is 0 Å². The first-order valence-electron chi connectivity index (χ1n) is 6.69. The number of benzene rings is 1. The summed E-state index contributed by atoms with van der Waals surface area (Å²) in [5.41, 5.74) is 7.44. The average molecular weight is 302 g/mol. The van der Waals surface area contributed by atoms with Gasteiger partial charge in [-0.1, -0.05) is 37.3 Å². The van der Waals surface area contributed by atoms with E-state index >= 15 is 0 Å². The van der Waals surface area contributed by atoms with Crippen LogP contribution in [0.1, 0.15) is 12.5 Å². The molecule has 110 valence electrons. The highest BCUT2D eigenvalue weighted by Crippen LogP contribution is 2.25. The molecule has 0 bridgehead atoms. The van der Waals surface area contributed by atoms with Crippen molar-refractivity contribution in [2.45, 2.75) is 18.4 Å². The Morgan fingerprint density at radius 3 is 2.81 bits per heavy atom. The van der Waals surface area contributed by atoms with E-state index in [1.807, 2.05) is 43.3 Å². The molecule has 1 unspecified atom stereocenters. The molecule has 21 heavy (non-hydrogen) atoms. The lowest BCUT2D eigenvalue weighted by Crippen LogP contribution is -2.16. The molecule has 1 heterocycles. The zero-order valence-electron chi connectivity index (χ0n) is 11.9. The van der Waals surface area contributed by atoms with Gasteiger partial charge < -0.3 is 10.5 Å². The quantitative estimate of drug-likeness (QED) is 0.656. The highest BCUT2D eigenvalue weighted by Gasteiger charge is 2.15. The number of carbonyl (C=O) groups is 1. The fourth-order valence-electron chi connectivity index (χ4n) is 1.68. The number of thioether (sulfide) groups is 1. The minimum Gasteiger partial charge on any atom is -0.461 e. The van der Waals surface area contributed by atoms with Crippen LogP contribution in [0.15, 0.2) is 53.7 Å². The minimum absolute atomic E-state index is 0.189. The van der Waals surface area contributed by atoms with Crippen molar-refractivity contribution in [2.24, 2.45) is 5.92 Å². The summed E-state index contributed by atoms with van der Waals surface area (Å²) in [5.74, 6) is 0.243. The van der Waals surface area contributed by atoms with Gasteiger partial charge in [-0.3, -0.25) is 9.78 Å². The van der Waals surface area contributed by atoms with Crippen LogP contribution in [0.25, 0.3) is 0 Å². The molecular weight excluding hydrogens is 284 g/mol. The molecule has 1 atom stereocenters. The number of hydrogen-bond acceptors (Lipinski definition) is 5. The largest absolute Gasteiger partial charge is 0.461 e. The molecule has 0 spiro atoms. The third kappa shape index (κ3) is 4.79. The van der Waals surface area contributed by atoms with Crippen molar-refractivity contribution in [3.63, 3.8) is 0 Å². The summed E-state index contributed by atoms with van der Waals surface area (Å²) in [4.78, 5) is 16.8. The molecule has 0 saturated carbocycles. The molecule has 0 fully saturated rings. The first-order chi connectivity index (χ1) is 10.2. The van der Waals surface area contributed by atoms with E-state index in [0.717, 1.165) is 10.5 Å². The Hall–Kier alpha value is -2.01. The Labute approximate surface area is 128 Å². The summed E-state index contributed by atoms with van der Waals surface area (Å²) in [5, 5.41) is 0. The highest BCUT2D eigenvalue weighted by atomic mass is 32.2. The average Bonchev–Trinajstić information content (AvgIpc) is 2.52. The molecule has 0 aliphatic carbocycles. The lowest BCUT2D eigenvalue weighted by Gasteiger charge is -2.12. The summed E-state index contributed by atoms with van der Waals surface area (Å²) in [6.07, 6.45) is 3.30. The maximum absolute atomic E-state index is 11.9. The molecule has 5 heteroatoms. The van der Waals surface area contributed by atoms with Gasteiger partial charge in [-0.25, -0.2) is 0 Å². The zero-order chi connectivity index (χ0) is 15.1. The Morgan fingerprint density at radius 2 is 2.10 bits per heavy atom. The summed E-state index contributed by atoms with van der Waals surface area (Å²) in [6, 6.07) is 11.5. The predicted octanol–water partition coefficient (Wildman–Crippen LogP) is 3.14. The van der Waals surface area contributed by atoms with Gasteiger partial charge in [0.2, 0.25) is 0 Å². The number of anilines is 1. The number of esters is 1. The van der Waals surface area contributed by atoms with E-state index in [2.05, 4.69) is 4.98 Å². The fraction of sp³-hybridized carbons (Fsp3) is 0.250. The van der Waals surface area contributed by atoms with E-state index in [1.54, 1.807) is 12.4 Å². The third-order valence-corrected chi connectivity index (χ3v) is 4.27. The molecule has 2 aromatic rings. The normalized spacial score (nSPS) is 11.9. The molecule has 0 radical (unpaired) electrons. The molecule has 0 aliphatic rings. The van der Waals surface area contributed by atoms with Gasteiger partial charge in [0, 0.05) is 16.8 Å². The van der Waals surface area contributed by atoms with E-state index in [0.29, 0.717) is 18.0 Å². The van der Waals surface area contributed by atoms with Crippen LogP contribution in [-0.4, -0.2) is 16.7 Å². The Kier molecular flexibility index (Phi) is 5.63. The number of rotatable bonds is 6. The number of pyridine rings is 1. The van der Waals surface area contributed by atoms with Crippen molar-refractivity contribution in [3.05, 3.63) is 54.4 Å². The lowest BCUT2D eigenvalue weighted by molar-refractivity contribution is -0.148. The van der Waals surface area contributed by atoms with Crippen molar-refractivity contribution in [1.29, 1.82) is 0 Å². The molecule has 1 aromatic carbocycles. The van der Waals surface area contributed by atoms with Crippen molar-refractivity contribution < 1.29 is 9.53 Å². The Morgan fingerprint density at radius 1 is 1.33 bits per heavy atom. The summed E-state index contributed by atoms with van der Waals surface area (Å²) < 4.78 is 5.31. The standard InChI is InChI=1S/C16H18N2O2S/c1-12(11-21-15-7-8-18-9-14(15)17)16(19)20-10-13-5-3-2-4-6-13/h2-9,12H,10-11,17H2,1H3. The van der Waals surface area contributed by atoms with E-state index < -0.39 is 0 Å². The van der Waals surface area contributed by atoms with Crippen molar-refractivity contribution in [2.75, 3.05) is 11.5 Å². The number of ether oxygens (including phenoxy) is 1. The van der Waals surface area contributed by atoms with Gasteiger partial charge in [-0.15, -0.1) is 11.8 Å². The third-order valence-electron chi connectivity index (χ3n) is 2.93. The van der Waals surface area contributed by atoms with Crippen LogP contribution < -0.4 is 5.73 Å². The predicted molar refractivity (Wildman–Crippen MR) is 84.8 cm³/mol. The smallest absolute Gasteiger partial charge is 0.309 e. The van der Waals surface area contributed by atoms with Crippen LogP contribution in [0.3, 0.4) is 0 Å². The molecule has 0 saturated heterocycles. The van der Waals surface area contributed by atoms with Gasteiger partial charge in [0.25, 0.3) is 0 Å². The van der Waals surface area contributed by atoms with Crippen LogP contribution in [-0.2, 0) is 16.1 Å². The van der Waals surface area contributed by atoms with Crippen LogP contribution in [0.4, 0.5) is 5.69 Å². The van der Waals surface area contributed by atoms with Gasteiger partial charge in [0.05, 0.1) is 17.8 Å². The summed E-state index contributed by atoms with van der Waals surface area (Å²) in [6.45, 7) is 2.17. The minimum atomic E-state index is -0.195. The highest BCUT2D eigenvalue weighted by molar-refractivity contribution is 7.99. The van der Waals surface area contributed by atoms with Crippen LogP contribution in [0, 0.1) is 5.92 Å². The number of carbonyl (C=O) groups excluding carboxylic acids is 1. The number of hydrogen-bond donors (Lipinski definition) is 1. The SMILES string of the molecule is CC(CSc1ccncc1N)C(=O)OCc1ccccc1. The monoisotopic (exact) mass is 302 g/mol. The van der Waals surface area contributed by atoms with E-state index in [4.69, 9.17) is 10.5 Å². The van der Waals surface area contributed by atoms with Crippen LogP contribution >= 0.6 is 11.8 Å². The van der Waals surface area contributed by atoms with Crippen molar-refractivity contribution >= 4 is 23.4 Å². The Balaban J connectivity index is 1.79. The number of nitrogens with zero attached hydrogens (tertiary/aromatic N) is 1. The van der Waals surface area contributed by atoms with Gasteiger partial charge in [0.1, 0.15) is 6.61 Å². The first-order valence-corrected chi connectivity index (χ1v) is 7.68. The second-order valence-electron chi connectivity index (χ2n) is 4.72. The first kappa shape index (κ1) is 15.4. The van der Waals surface area contributed by atoms with E-state index in [-0.39, 0.29) is 11.9 Å². The number of nitrogen functional groups attached to an aromatic ring is 1. The van der Waals surface area contributed by atoms with Crippen molar-refractivity contribution in [1.82, 2.24) is 4.98 Å². The van der Waals surface area contributed by atoms with Gasteiger partial charge in [-0.05, 0) is 11.6 Å². The molecule has 4 nitrogen and oxygen atoms in total. The van der Waals surface area contributed by atoms with Crippen molar-refractivity contribution in [3.8, 4) is 0 Å². The molecule has 2 rings (SSSR count). The van der Waals surface area contributed by atoms with Gasteiger partial charge >= 0.3 is 5.97 Å². The second-order valence-corrected chi connectivity index (χ2v) is 5.78. The molecule has 2 N–H and O–H groups in total. The second kappa shape index (κ2) is 7.69. The molecule has 1 aromatic heterocycles. The number of nitrogens with two attached hydrogens (primary N) is 1. The topological polar surface area (TPSA) is 65.2 Å². The van der Waals surface area contributed by atoms with Crippen LogP contribution in [0.5, 0.6) is 0 Å². The fourth-order valence-corrected chi connectivity index (χ4v) is 2.62. The van der Waals surface area contributed by atoms with E-state index in [1.165, 1.54) is 11.8 Å². The number of aromatic nitrogens is 1.